The highest BCUT2D eigenvalue weighted by Crippen LogP contribution is 2.17. The molecule has 2 aromatic carbocycles. The first kappa shape index (κ1) is 17.9. The lowest BCUT2D eigenvalue weighted by atomic mass is 10.0. The first-order valence-corrected chi connectivity index (χ1v) is 7.88. The Morgan fingerprint density at radius 1 is 1.21 bits per heavy atom. The summed E-state index contributed by atoms with van der Waals surface area (Å²) in [5.41, 5.74) is 1.40. The molecule has 2 N–H and O–H groups in total. The Bertz CT molecular complexity index is 688. The fraction of sp³-hybridized carbons (Fsp3) is 0.316. The van der Waals surface area contributed by atoms with Crippen LogP contribution < -0.4 is 10.1 Å². The summed E-state index contributed by atoms with van der Waals surface area (Å²) < 4.78 is 19.2. The quantitative estimate of drug-likeness (QED) is 0.776. The van der Waals surface area contributed by atoms with Crippen LogP contribution in [0.25, 0.3) is 0 Å². The molecule has 0 fully saturated rings. The molecule has 5 heteroatoms. The van der Waals surface area contributed by atoms with Gasteiger partial charge in [-0.3, -0.25) is 4.79 Å². The second-order valence-electron chi connectivity index (χ2n) is 5.97. The van der Waals surface area contributed by atoms with E-state index in [1.54, 1.807) is 24.3 Å². The molecule has 0 saturated heterocycles. The highest BCUT2D eigenvalue weighted by atomic mass is 19.1. The fourth-order valence-electron chi connectivity index (χ4n) is 2.36. The lowest BCUT2D eigenvalue weighted by Gasteiger charge is -2.18. The molecule has 0 aliphatic rings. The van der Waals surface area contributed by atoms with Crippen LogP contribution in [0.2, 0.25) is 0 Å². The maximum Gasteiger partial charge on any atom is 0.320 e. The molecule has 0 saturated carbocycles. The summed E-state index contributed by atoms with van der Waals surface area (Å²) in [6, 6.07) is 13.2. The molecule has 0 amide bonds. The van der Waals surface area contributed by atoms with Crippen molar-refractivity contribution in [1.82, 2.24) is 5.32 Å². The average Bonchev–Trinajstić information content (AvgIpc) is 2.54. The van der Waals surface area contributed by atoms with Crippen molar-refractivity contribution >= 4 is 5.97 Å². The topological polar surface area (TPSA) is 58.6 Å². The van der Waals surface area contributed by atoms with Crippen LogP contribution in [0, 0.1) is 11.7 Å². The van der Waals surface area contributed by atoms with E-state index in [2.05, 4.69) is 5.32 Å². The van der Waals surface area contributed by atoms with E-state index in [0.29, 0.717) is 17.9 Å². The van der Waals surface area contributed by atoms with Gasteiger partial charge >= 0.3 is 5.97 Å². The van der Waals surface area contributed by atoms with Crippen LogP contribution in [-0.4, -0.2) is 17.1 Å². The Hall–Kier alpha value is -2.40. The standard InChI is InChI=1S/C19H22FNO3/c1-13(2)18(19(22)23)21-11-14-6-5-8-16(10-14)24-12-15-7-3-4-9-17(15)20/h3-10,13,18,21H,11-12H2,1-2H3,(H,22,23). The van der Waals surface area contributed by atoms with Crippen LogP contribution in [0.15, 0.2) is 48.5 Å². The maximum atomic E-state index is 13.6. The van der Waals surface area contributed by atoms with Crippen molar-refractivity contribution in [3.05, 3.63) is 65.5 Å². The number of nitrogens with one attached hydrogen (secondary N) is 1. The number of carboxylic acids is 1. The smallest absolute Gasteiger partial charge is 0.320 e. The number of ether oxygens (including phenoxy) is 1. The van der Waals surface area contributed by atoms with Gasteiger partial charge in [-0.1, -0.05) is 44.2 Å². The molecule has 0 aliphatic carbocycles. The third-order valence-electron chi connectivity index (χ3n) is 3.71. The van der Waals surface area contributed by atoms with Gasteiger partial charge in [-0.05, 0) is 29.7 Å². The molecule has 2 rings (SSSR count). The lowest BCUT2D eigenvalue weighted by Crippen LogP contribution is -2.40. The molecule has 128 valence electrons. The summed E-state index contributed by atoms with van der Waals surface area (Å²) >= 11 is 0. The molecule has 4 nitrogen and oxygen atoms in total. The summed E-state index contributed by atoms with van der Waals surface area (Å²) in [4.78, 5) is 11.2. The minimum absolute atomic E-state index is 0.0111. The van der Waals surface area contributed by atoms with Crippen molar-refractivity contribution in [3.63, 3.8) is 0 Å². The molecule has 0 radical (unpaired) electrons. The molecule has 1 unspecified atom stereocenters. The van der Waals surface area contributed by atoms with E-state index < -0.39 is 12.0 Å². The predicted molar refractivity (Wildman–Crippen MR) is 90.3 cm³/mol. The van der Waals surface area contributed by atoms with Crippen molar-refractivity contribution < 1.29 is 19.0 Å². The van der Waals surface area contributed by atoms with E-state index in [0.717, 1.165) is 5.56 Å². The van der Waals surface area contributed by atoms with Gasteiger partial charge in [0.05, 0.1) is 0 Å². The molecule has 1 atom stereocenters. The predicted octanol–water partition coefficient (Wildman–Crippen LogP) is 3.60. The Morgan fingerprint density at radius 2 is 1.96 bits per heavy atom. The zero-order chi connectivity index (χ0) is 17.5. The summed E-state index contributed by atoms with van der Waals surface area (Å²) in [5, 5.41) is 12.2. The van der Waals surface area contributed by atoms with E-state index >= 15 is 0 Å². The van der Waals surface area contributed by atoms with Crippen LogP contribution in [0.3, 0.4) is 0 Å². The number of carbonyl (C=O) groups is 1. The summed E-state index contributed by atoms with van der Waals surface area (Å²) in [6.07, 6.45) is 0. The van der Waals surface area contributed by atoms with Gasteiger partial charge in [-0.15, -0.1) is 0 Å². The number of halogens is 1. The number of benzene rings is 2. The van der Waals surface area contributed by atoms with Crippen LogP contribution in [0.4, 0.5) is 4.39 Å². The van der Waals surface area contributed by atoms with Gasteiger partial charge < -0.3 is 15.2 Å². The van der Waals surface area contributed by atoms with Crippen molar-refractivity contribution in [2.24, 2.45) is 5.92 Å². The Morgan fingerprint density at radius 3 is 2.62 bits per heavy atom. The monoisotopic (exact) mass is 331 g/mol. The third kappa shape index (κ3) is 5.06. The van der Waals surface area contributed by atoms with Crippen LogP contribution in [0.5, 0.6) is 5.75 Å². The van der Waals surface area contributed by atoms with Gasteiger partial charge in [0.25, 0.3) is 0 Å². The molecule has 0 bridgehead atoms. The van der Waals surface area contributed by atoms with E-state index in [4.69, 9.17) is 4.74 Å². The Balaban J connectivity index is 1.96. The van der Waals surface area contributed by atoms with Gasteiger partial charge in [-0.25, -0.2) is 4.39 Å². The third-order valence-corrected chi connectivity index (χ3v) is 3.71. The lowest BCUT2D eigenvalue weighted by molar-refractivity contribution is -0.140. The maximum absolute atomic E-state index is 13.6. The normalized spacial score (nSPS) is 12.2. The number of rotatable bonds is 8. The number of hydrogen-bond acceptors (Lipinski definition) is 3. The minimum Gasteiger partial charge on any atom is -0.489 e. The van der Waals surface area contributed by atoms with Crippen LogP contribution in [-0.2, 0) is 17.9 Å². The molecular weight excluding hydrogens is 309 g/mol. The molecule has 0 heterocycles. The van der Waals surface area contributed by atoms with Crippen LogP contribution >= 0.6 is 0 Å². The second kappa shape index (κ2) is 8.45. The average molecular weight is 331 g/mol. The summed E-state index contributed by atoms with van der Waals surface area (Å²) in [6.45, 7) is 4.29. The van der Waals surface area contributed by atoms with Crippen LogP contribution in [0.1, 0.15) is 25.0 Å². The van der Waals surface area contributed by atoms with Crippen molar-refractivity contribution in [1.29, 1.82) is 0 Å². The first-order valence-electron chi connectivity index (χ1n) is 7.88. The fourth-order valence-corrected chi connectivity index (χ4v) is 2.36. The van der Waals surface area contributed by atoms with Crippen molar-refractivity contribution in [2.45, 2.75) is 33.0 Å². The molecule has 0 spiro atoms. The molecule has 0 aromatic heterocycles. The van der Waals surface area contributed by atoms with Gasteiger partial charge in [0.2, 0.25) is 0 Å². The van der Waals surface area contributed by atoms with Gasteiger partial charge in [-0.2, -0.15) is 0 Å². The molecule has 2 aromatic rings. The highest BCUT2D eigenvalue weighted by molar-refractivity contribution is 5.73. The zero-order valence-electron chi connectivity index (χ0n) is 13.8. The molecule has 24 heavy (non-hydrogen) atoms. The largest absolute Gasteiger partial charge is 0.489 e. The minimum atomic E-state index is -0.864. The first-order chi connectivity index (χ1) is 11.5. The van der Waals surface area contributed by atoms with Gasteiger partial charge in [0.1, 0.15) is 24.2 Å². The number of hydrogen-bond donors (Lipinski definition) is 2. The van der Waals surface area contributed by atoms with E-state index in [9.17, 15) is 14.3 Å². The SMILES string of the molecule is CC(C)C(NCc1cccc(OCc2ccccc2F)c1)C(=O)O. The van der Waals surface area contributed by atoms with Gasteiger partial charge in [0.15, 0.2) is 0 Å². The van der Waals surface area contributed by atoms with Gasteiger partial charge in [0, 0.05) is 12.1 Å². The van der Waals surface area contributed by atoms with Crippen molar-refractivity contribution in [2.75, 3.05) is 0 Å². The zero-order valence-corrected chi connectivity index (χ0v) is 13.8. The van der Waals surface area contributed by atoms with E-state index in [1.807, 2.05) is 32.0 Å². The number of carboxylic acid groups (broad SMARTS) is 1. The second-order valence-corrected chi connectivity index (χ2v) is 5.97. The molecular formula is C19H22FNO3. The Kier molecular flexibility index (Phi) is 6.32. The summed E-state index contributed by atoms with van der Waals surface area (Å²) in [7, 11) is 0. The van der Waals surface area contributed by atoms with E-state index in [1.165, 1.54) is 6.07 Å². The Labute approximate surface area is 141 Å². The van der Waals surface area contributed by atoms with E-state index in [-0.39, 0.29) is 18.3 Å². The molecule has 0 aliphatic heterocycles. The highest BCUT2D eigenvalue weighted by Gasteiger charge is 2.20. The van der Waals surface area contributed by atoms with Crippen molar-refractivity contribution in [3.8, 4) is 5.75 Å². The number of aliphatic carboxylic acids is 1. The summed E-state index contributed by atoms with van der Waals surface area (Å²) in [5.74, 6) is -0.550.